The Hall–Kier alpha value is -3.71. The van der Waals surface area contributed by atoms with Crippen LogP contribution in [0.5, 0.6) is 5.75 Å². The molecule has 7 heteroatoms. The fourth-order valence-electron chi connectivity index (χ4n) is 2.93. The van der Waals surface area contributed by atoms with Gasteiger partial charge in [0.25, 0.3) is 5.91 Å². The van der Waals surface area contributed by atoms with Crippen molar-refractivity contribution in [1.82, 2.24) is 5.32 Å². The minimum atomic E-state index is -0.347. The van der Waals surface area contributed by atoms with Crippen LogP contribution in [-0.4, -0.2) is 16.9 Å². The van der Waals surface area contributed by atoms with Crippen LogP contribution in [0.1, 0.15) is 35.7 Å². The molecule has 0 bridgehead atoms. The predicted molar refractivity (Wildman–Crippen MR) is 131 cm³/mol. The Morgan fingerprint density at radius 2 is 1.59 bits per heavy atom. The summed E-state index contributed by atoms with van der Waals surface area (Å²) < 4.78 is 5.78. The quantitative estimate of drug-likeness (QED) is 0.417. The SMILES string of the molecule is CCCC(=O)Nc1cccc(NC(=S)NC(=O)c2cccc(OCc3ccccc3)c2)c1. The van der Waals surface area contributed by atoms with E-state index in [2.05, 4.69) is 16.0 Å². The molecule has 0 unspecified atom stereocenters. The Bertz CT molecular complexity index is 1090. The maximum Gasteiger partial charge on any atom is 0.257 e. The maximum absolute atomic E-state index is 12.6. The molecule has 0 heterocycles. The first-order chi connectivity index (χ1) is 15.5. The zero-order valence-electron chi connectivity index (χ0n) is 17.8. The van der Waals surface area contributed by atoms with Gasteiger partial charge in [-0.2, -0.15) is 0 Å². The molecule has 0 atom stereocenters. The summed E-state index contributed by atoms with van der Waals surface area (Å²) in [6.07, 6.45) is 1.23. The van der Waals surface area contributed by atoms with E-state index in [-0.39, 0.29) is 16.9 Å². The van der Waals surface area contributed by atoms with E-state index in [4.69, 9.17) is 17.0 Å². The van der Waals surface area contributed by atoms with Gasteiger partial charge in [-0.1, -0.05) is 49.4 Å². The number of benzene rings is 3. The summed E-state index contributed by atoms with van der Waals surface area (Å²) in [7, 11) is 0. The van der Waals surface area contributed by atoms with E-state index in [1.54, 1.807) is 48.5 Å². The zero-order chi connectivity index (χ0) is 22.8. The third-order valence-corrected chi connectivity index (χ3v) is 4.66. The Morgan fingerprint density at radius 1 is 0.875 bits per heavy atom. The number of hydrogen-bond acceptors (Lipinski definition) is 4. The Kier molecular flexibility index (Phi) is 8.34. The fraction of sp³-hybridized carbons (Fsp3) is 0.160. The lowest BCUT2D eigenvalue weighted by atomic mass is 10.2. The van der Waals surface area contributed by atoms with Gasteiger partial charge in [-0.3, -0.25) is 14.9 Å². The number of rotatable bonds is 8. The molecule has 0 aromatic heterocycles. The predicted octanol–water partition coefficient (Wildman–Crippen LogP) is 5.13. The highest BCUT2D eigenvalue weighted by Gasteiger charge is 2.10. The number of hydrogen-bond donors (Lipinski definition) is 3. The second kappa shape index (κ2) is 11.6. The van der Waals surface area contributed by atoms with Crippen molar-refractivity contribution in [3.05, 3.63) is 90.0 Å². The smallest absolute Gasteiger partial charge is 0.257 e. The van der Waals surface area contributed by atoms with Gasteiger partial charge in [-0.25, -0.2) is 0 Å². The molecule has 3 aromatic rings. The first kappa shape index (κ1) is 23.0. The molecule has 3 N–H and O–H groups in total. The van der Waals surface area contributed by atoms with Gasteiger partial charge in [0, 0.05) is 23.4 Å². The summed E-state index contributed by atoms with van der Waals surface area (Å²) in [6.45, 7) is 2.36. The zero-order valence-corrected chi connectivity index (χ0v) is 18.6. The molecule has 3 aromatic carbocycles. The molecule has 0 aliphatic heterocycles. The van der Waals surface area contributed by atoms with Crippen LogP contribution in [0.2, 0.25) is 0 Å². The molecular formula is C25H25N3O3S. The van der Waals surface area contributed by atoms with Crippen LogP contribution >= 0.6 is 12.2 Å². The lowest BCUT2D eigenvalue weighted by Gasteiger charge is -2.12. The van der Waals surface area contributed by atoms with E-state index in [0.29, 0.717) is 35.7 Å². The molecule has 0 saturated heterocycles. The lowest BCUT2D eigenvalue weighted by Crippen LogP contribution is -2.34. The van der Waals surface area contributed by atoms with E-state index in [1.807, 2.05) is 37.3 Å². The third kappa shape index (κ3) is 7.21. The molecule has 6 nitrogen and oxygen atoms in total. The summed E-state index contributed by atoms with van der Waals surface area (Å²) in [5.74, 6) is 0.200. The van der Waals surface area contributed by atoms with Crippen LogP contribution in [0, 0.1) is 0 Å². The monoisotopic (exact) mass is 447 g/mol. The van der Waals surface area contributed by atoms with Crippen LogP contribution in [0.3, 0.4) is 0 Å². The largest absolute Gasteiger partial charge is 0.489 e. The second-order valence-corrected chi connectivity index (χ2v) is 7.50. The molecule has 32 heavy (non-hydrogen) atoms. The van der Waals surface area contributed by atoms with Crippen molar-refractivity contribution in [3.8, 4) is 5.75 Å². The highest BCUT2D eigenvalue weighted by Crippen LogP contribution is 2.17. The summed E-state index contributed by atoms with van der Waals surface area (Å²) in [5, 5.41) is 8.62. The van der Waals surface area contributed by atoms with Gasteiger partial charge in [-0.05, 0) is 60.6 Å². The van der Waals surface area contributed by atoms with Gasteiger partial charge < -0.3 is 15.4 Å². The van der Waals surface area contributed by atoms with Crippen LogP contribution in [-0.2, 0) is 11.4 Å². The van der Waals surface area contributed by atoms with E-state index >= 15 is 0 Å². The van der Waals surface area contributed by atoms with Crippen molar-refractivity contribution in [2.45, 2.75) is 26.4 Å². The number of carbonyl (C=O) groups excluding carboxylic acids is 2. The van der Waals surface area contributed by atoms with Crippen LogP contribution < -0.4 is 20.7 Å². The molecule has 0 aliphatic rings. The number of ether oxygens (including phenoxy) is 1. The molecule has 164 valence electrons. The van der Waals surface area contributed by atoms with Crippen molar-refractivity contribution in [2.24, 2.45) is 0 Å². The highest BCUT2D eigenvalue weighted by molar-refractivity contribution is 7.80. The number of carbonyl (C=O) groups is 2. The van der Waals surface area contributed by atoms with E-state index in [1.165, 1.54) is 0 Å². The van der Waals surface area contributed by atoms with Gasteiger partial charge in [0.1, 0.15) is 12.4 Å². The first-order valence-electron chi connectivity index (χ1n) is 10.3. The van der Waals surface area contributed by atoms with Crippen LogP contribution in [0.15, 0.2) is 78.9 Å². The second-order valence-electron chi connectivity index (χ2n) is 7.09. The van der Waals surface area contributed by atoms with Crippen molar-refractivity contribution in [1.29, 1.82) is 0 Å². The van der Waals surface area contributed by atoms with Crippen molar-refractivity contribution < 1.29 is 14.3 Å². The van der Waals surface area contributed by atoms with Crippen molar-refractivity contribution in [3.63, 3.8) is 0 Å². The molecule has 0 spiro atoms. The van der Waals surface area contributed by atoms with Crippen LogP contribution in [0.4, 0.5) is 11.4 Å². The normalized spacial score (nSPS) is 10.2. The highest BCUT2D eigenvalue weighted by atomic mass is 32.1. The van der Waals surface area contributed by atoms with Gasteiger partial charge >= 0.3 is 0 Å². The number of thiocarbonyl (C=S) groups is 1. The average Bonchev–Trinajstić information content (AvgIpc) is 2.79. The molecule has 0 aliphatic carbocycles. The topological polar surface area (TPSA) is 79.5 Å². The first-order valence-corrected chi connectivity index (χ1v) is 10.7. The summed E-state index contributed by atoms with van der Waals surface area (Å²) >= 11 is 5.27. The molecular weight excluding hydrogens is 422 g/mol. The fourth-order valence-corrected chi connectivity index (χ4v) is 3.14. The van der Waals surface area contributed by atoms with E-state index in [0.717, 1.165) is 12.0 Å². The van der Waals surface area contributed by atoms with Gasteiger partial charge in [-0.15, -0.1) is 0 Å². The number of nitrogens with one attached hydrogen (secondary N) is 3. The standard InChI is InChI=1S/C25H25N3O3S/c1-2-8-23(29)26-20-12-7-13-21(16-20)27-25(32)28-24(30)19-11-6-14-22(15-19)31-17-18-9-4-3-5-10-18/h3-7,9-16H,2,8,17H2,1H3,(H,26,29)(H2,27,28,30,32). The third-order valence-electron chi connectivity index (χ3n) is 4.45. The number of anilines is 2. The Balaban J connectivity index is 1.55. The number of amides is 2. The average molecular weight is 448 g/mol. The molecule has 0 radical (unpaired) electrons. The maximum atomic E-state index is 12.6. The Morgan fingerprint density at radius 3 is 2.34 bits per heavy atom. The van der Waals surface area contributed by atoms with E-state index < -0.39 is 0 Å². The van der Waals surface area contributed by atoms with Gasteiger partial charge in [0.15, 0.2) is 5.11 Å². The molecule has 2 amide bonds. The van der Waals surface area contributed by atoms with Crippen molar-refractivity contribution >= 4 is 40.5 Å². The lowest BCUT2D eigenvalue weighted by molar-refractivity contribution is -0.116. The van der Waals surface area contributed by atoms with Crippen molar-refractivity contribution in [2.75, 3.05) is 10.6 Å². The summed E-state index contributed by atoms with van der Waals surface area (Å²) in [4.78, 5) is 24.4. The molecule has 0 fully saturated rings. The minimum absolute atomic E-state index is 0.0464. The van der Waals surface area contributed by atoms with E-state index in [9.17, 15) is 9.59 Å². The van der Waals surface area contributed by atoms with Gasteiger partial charge in [0.05, 0.1) is 0 Å². The van der Waals surface area contributed by atoms with Gasteiger partial charge in [0.2, 0.25) is 5.91 Å². The summed E-state index contributed by atoms with van der Waals surface area (Å²) in [5.41, 5.74) is 2.79. The Labute approximate surface area is 193 Å². The summed E-state index contributed by atoms with van der Waals surface area (Å²) in [6, 6.07) is 23.9. The molecule has 0 saturated carbocycles. The minimum Gasteiger partial charge on any atom is -0.489 e. The molecule has 3 rings (SSSR count). The van der Waals surface area contributed by atoms with Crippen LogP contribution in [0.25, 0.3) is 0 Å².